The van der Waals surface area contributed by atoms with Crippen LogP contribution in [0.3, 0.4) is 0 Å². The van der Waals surface area contributed by atoms with Gasteiger partial charge in [0.15, 0.2) is 0 Å². The molecule has 2 heterocycles. The Bertz CT molecular complexity index is 1040. The Morgan fingerprint density at radius 1 is 1.03 bits per heavy atom. The molecule has 2 aliphatic heterocycles. The minimum Gasteiger partial charge on any atom is -0.478 e. The lowest BCUT2D eigenvalue weighted by molar-refractivity contribution is -0.143. The van der Waals surface area contributed by atoms with Crippen LogP contribution in [0.1, 0.15) is 47.5 Å². The Morgan fingerprint density at radius 3 is 2.38 bits per heavy atom. The van der Waals surface area contributed by atoms with Gasteiger partial charge in [-0.15, -0.1) is 0 Å². The number of carboxylic acid groups (broad SMARTS) is 1. The SMILES string of the molecule is O=C(O)c1cccc(-c2ccc([C@H]3C(F)(F)C34CCN(C(=O)[C@H]3CCCO3)CC4)cc2)c1. The predicted molar refractivity (Wildman–Crippen MR) is 114 cm³/mol. The molecule has 3 fully saturated rings. The first kappa shape index (κ1) is 21.1. The molecule has 0 unspecified atom stereocenters. The fraction of sp³-hybridized carbons (Fsp3) is 0.440. The quantitative estimate of drug-likeness (QED) is 0.755. The van der Waals surface area contributed by atoms with E-state index in [1.807, 2.05) is 0 Å². The molecule has 1 aliphatic carbocycles. The third kappa shape index (κ3) is 3.30. The summed E-state index contributed by atoms with van der Waals surface area (Å²) < 4.78 is 35.5. The number of piperidine rings is 1. The Kier molecular flexibility index (Phi) is 5.04. The first-order chi connectivity index (χ1) is 15.3. The van der Waals surface area contributed by atoms with E-state index < -0.39 is 29.3 Å². The molecular weight excluding hydrogens is 416 g/mol. The van der Waals surface area contributed by atoms with Crippen molar-refractivity contribution in [3.05, 3.63) is 59.7 Å². The molecule has 168 valence electrons. The summed E-state index contributed by atoms with van der Waals surface area (Å²) >= 11 is 0. The number of likely N-dealkylation sites (tertiary alicyclic amines) is 1. The number of aromatic carboxylic acids is 1. The highest BCUT2D eigenvalue weighted by molar-refractivity contribution is 5.89. The van der Waals surface area contributed by atoms with Gasteiger partial charge < -0.3 is 14.7 Å². The van der Waals surface area contributed by atoms with Gasteiger partial charge in [-0.2, -0.15) is 0 Å². The zero-order chi connectivity index (χ0) is 22.5. The number of hydrogen-bond acceptors (Lipinski definition) is 3. The molecule has 2 aromatic rings. The monoisotopic (exact) mass is 441 g/mol. The van der Waals surface area contributed by atoms with Crippen molar-refractivity contribution in [2.24, 2.45) is 5.41 Å². The summed E-state index contributed by atoms with van der Waals surface area (Å²) in [6.07, 6.45) is 1.73. The van der Waals surface area contributed by atoms with Gasteiger partial charge >= 0.3 is 5.97 Å². The van der Waals surface area contributed by atoms with Crippen molar-refractivity contribution in [2.45, 2.75) is 43.6 Å². The first-order valence-corrected chi connectivity index (χ1v) is 11.1. The topological polar surface area (TPSA) is 66.8 Å². The molecule has 7 heteroatoms. The molecule has 32 heavy (non-hydrogen) atoms. The zero-order valence-electron chi connectivity index (χ0n) is 17.6. The van der Waals surface area contributed by atoms with Crippen molar-refractivity contribution < 1.29 is 28.2 Å². The molecule has 2 atom stereocenters. The number of carboxylic acids is 1. The molecule has 3 aliphatic rings. The number of amides is 1. The zero-order valence-corrected chi connectivity index (χ0v) is 17.6. The molecule has 1 spiro atoms. The first-order valence-electron chi connectivity index (χ1n) is 11.1. The maximum atomic E-state index is 15.0. The standard InChI is InChI=1S/C25H25F2NO4/c26-25(27)21(24(25)10-12-28(13-11-24)22(29)20-5-2-14-32-20)17-8-6-16(7-9-17)18-3-1-4-19(15-18)23(30)31/h1,3-4,6-9,15,20-21H,2,5,10-14H2,(H,30,31)/t20-,21-/m1/s1. The molecule has 0 aromatic heterocycles. The van der Waals surface area contributed by atoms with Crippen LogP contribution in [-0.2, 0) is 9.53 Å². The fourth-order valence-corrected chi connectivity index (χ4v) is 5.46. The molecule has 0 radical (unpaired) electrons. The highest BCUT2D eigenvalue weighted by atomic mass is 19.3. The Hall–Kier alpha value is -2.80. The molecule has 0 bridgehead atoms. The van der Waals surface area contributed by atoms with Crippen LogP contribution in [0.25, 0.3) is 11.1 Å². The van der Waals surface area contributed by atoms with E-state index in [-0.39, 0.29) is 24.3 Å². The number of nitrogens with zero attached hydrogens (tertiary/aromatic N) is 1. The van der Waals surface area contributed by atoms with Crippen molar-refractivity contribution in [1.82, 2.24) is 4.90 Å². The normalized spacial score (nSPS) is 25.6. The largest absolute Gasteiger partial charge is 0.478 e. The van der Waals surface area contributed by atoms with Gasteiger partial charge in [-0.05, 0) is 54.5 Å². The van der Waals surface area contributed by atoms with E-state index in [4.69, 9.17) is 4.74 Å². The second-order valence-corrected chi connectivity index (χ2v) is 9.05. The van der Waals surface area contributed by atoms with Crippen LogP contribution >= 0.6 is 0 Å². The van der Waals surface area contributed by atoms with Crippen LogP contribution < -0.4 is 0 Å². The average Bonchev–Trinajstić information content (AvgIpc) is 3.15. The lowest BCUT2D eigenvalue weighted by Gasteiger charge is -2.34. The summed E-state index contributed by atoms with van der Waals surface area (Å²) in [6, 6.07) is 13.6. The van der Waals surface area contributed by atoms with Crippen molar-refractivity contribution in [3.8, 4) is 11.1 Å². The number of ether oxygens (including phenoxy) is 1. The molecule has 2 aromatic carbocycles. The molecule has 1 amide bonds. The van der Waals surface area contributed by atoms with Gasteiger partial charge in [0.25, 0.3) is 11.8 Å². The van der Waals surface area contributed by atoms with Gasteiger partial charge in [-0.3, -0.25) is 4.79 Å². The van der Waals surface area contributed by atoms with E-state index >= 15 is 8.78 Å². The van der Waals surface area contributed by atoms with E-state index in [9.17, 15) is 14.7 Å². The number of carbonyl (C=O) groups is 2. The van der Waals surface area contributed by atoms with Crippen molar-refractivity contribution >= 4 is 11.9 Å². The van der Waals surface area contributed by atoms with Crippen molar-refractivity contribution in [2.75, 3.05) is 19.7 Å². The summed E-state index contributed by atoms with van der Waals surface area (Å²) in [7, 11) is 0. The fourth-order valence-electron chi connectivity index (χ4n) is 5.46. The summed E-state index contributed by atoms with van der Waals surface area (Å²) in [6.45, 7) is 1.26. The maximum absolute atomic E-state index is 15.0. The maximum Gasteiger partial charge on any atom is 0.335 e. The lowest BCUT2D eigenvalue weighted by Crippen LogP contribution is -2.45. The summed E-state index contributed by atoms with van der Waals surface area (Å²) in [5.41, 5.74) is 1.20. The molecule has 1 saturated carbocycles. The Balaban J connectivity index is 1.30. The molecule has 2 saturated heterocycles. The third-order valence-electron chi connectivity index (χ3n) is 7.35. The van der Waals surface area contributed by atoms with Crippen LogP contribution in [0.15, 0.2) is 48.5 Å². The minimum absolute atomic E-state index is 0.0641. The van der Waals surface area contributed by atoms with Gasteiger partial charge in [-0.25, -0.2) is 13.6 Å². The minimum atomic E-state index is -2.79. The van der Waals surface area contributed by atoms with Gasteiger partial charge in [-0.1, -0.05) is 36.4 Å². The highest BCUT2D eigenvalue weighted by Gasteiger charge is 2.80. The number of carbonyl (C=O) groups excluding carboxylic acids is 1. The van der Waals surface area contributed by atoms with E-state index in [2.05, 4.69) is 0 Å². The van der Waals surface area contributed by atoms with Crippen molar-refractivity contribution in [3.63, 3.8) is 0 Å². The van der Waals surface area contributed by atoms with Gasteiger partial charge in [0.1, 0.15) is 6.10 Å². The number of benzene rings is 2. The molecule has 1 N–H and O–H groups in total. The van der Waals surface area contributed by atoms with E-state index in [1.165, 1.54) is 6.07 Å². The van der Waals surface area contributed by atoms with Crippen LogP contribution in [-0.4, -0.2) is 53.6 Å². The number of rotatable bonds is 4. The number of halogens is 2. The van der Waals surface area contributed by atoms with Gasteiger partial charge in [0.05, 0.1) is 16.9 Å². The molecule has 5 nitrogen and oxygen atoms in total. The van der Waals surface area contributed by atoms with Gasteiger partial charge in [0, 0.05) is 19.7 Å². The highest BCUT2D eigenvalue weighted by Crippen LogP contribution is 2.75. The summed E-state index contributed by atoms with van der Waals surface area (Å²) in [4.78, 5) is 25.4. The van der Waals surface area contributed by atoms with Crippen LogP contribution in [0.2, 0.25) is 0 Å². The van der Waals surface area contributed by atoms with Crippen LogP contribution in [0.4, 0.5) is 8.78 Å². The average molecular weight is 441 g/mol. The van der Waals surface area contributed by atoms with Crippen LogP contribution in [0.5, 0.6) is 0 Å². The number of hydrogen-bond donors (Lipinski definition) is 1. The van der Waals surface area contributed by atoms with Crippen LogP contribution in [0, 0.1) is 5.41 Å². The summed E-state index contributed by atoms with van der Waals surface area (Å²) in [5.74, 6) is -4.72. The molecule has 5 rings (SSSR count). The lowest BCUT2D eigenvalue weighted by atomic mass is 9.87. The Morgan fingerprint density at radius 2 is 1.75 bits per heavy atom. The smallest absolute Gasteiger partial charge is 0.335 e. The Labute approximate surface area is 185 Å². The molecular formula is C25H25F2NO4. The predicted octanol–water partition coefficient (Wildman–Crippen LogP) is 4.57. The van der Waals surface area contributed by atoms with Gasteiger partial charge in [0.2, 0.25) is 0 Å². The number of alkyl halides is 2. The summed E-state index contributed by atoms with van der Waals surface area (Å²) in [5, 5.41) is 9.18. The van der Waals surface area contributed by atoms with E-state index in [1.54, 1.807) is 47.4 Å². The second-order valence-electron chi connectivity index (χ2n) is 9.05. The van der Waals surface area contributed by atoms with Crippen molar-refractivity contribution in [1.29, 1.82) is 0 Å². The van der Waals surface area contributed by atoms with E-state index in [0.29, 0.717) is 31.7 Å². The van der Waals surface area contributed by atoms with E-state index in [0.717, 1.165) is 17.5 Å². The third-order valence-corrected chi connectivity index (χ3v) is 7.35. The second kappa shape index (κ2) is 7.66.